The standard InChI is InChI=1S/C24H34N2O6/c1-3-32-24(30)19(11-9-17-7-5-4-6-8-17)25-16(2)22(27)26-20-13-14-31-15-18(20)10-12-21(26)23(28)29/h4-8,16,18-21,25H,3,9-15H2,1-2H3,(H,28,29)/t16-,18?,19?,20?,21-/m0/s1. The molecule has 1 aromatic rings. The van der Waals surface area contributed by atoms with Crippen LogP contribution in [0.4, 0.5) is 0 Å². The van der Waals surface area contributed by atoms with E-state index >= 15 is 0 Å². The van der Waals surface area contributed by atoms with Crippen molar-refractivity contribution in [2.45, 2.75) is 70.1 Å². The number of nitrogens with zero attached hydrogens (tertiary/aromatic N) is 1. The molecule has 2 heterocycles. The molecule has 32 heavy (non-hydrogen) atoms. The first-order chi connectivity index (χ1) is 15.4. The number of esters is 1. The summed E-state index contributed by atoms with van der Waals surface area (Å²) in [4.78, 5) is 39.5. The monoisotopic (exact) mass is 446 g/mol. The van der Waals surface area contributed by atoms with Crippen LogP contribution in [0.3, 0.4) is 0 Å². The average molecular weight is 447 g/mol. The van der Waals surface area contributed by atoms with Gasteiger partial charge in [0, 0.05) is 18.6 Å². The number of benzene rings is 1. The molecule has 8 heteroatoms. The Morgan fingerprint density at radius 1 is 1.22 bits per heavy atom. The van der Waals surface area contributed by atoms with Crippen LogP contribution in [0, 0.1) is 5.92 Å². The summed E-state index contributed by atoms with van der Waals surface area (Å²) in [6, 6.07) is 7.43. The minimum absolute atomic E-state index is 0.148. The maximum Gasteiger partial charge on any atom is 0.326 e. The van der Waals surface area contributed by atoms with Crippen molar-refractivity contribution in [3.63, 3.8) is 0 Å². The van der Waals surface area contributed by atoms with Gasteiger partial charge in [0.05, 0.1) is 19.3 Å². The molecule has 2 aliphatic heterocycles. The van der Waals surface area contributed by atoms with E-state index in [1.165, 1.54) is 4.90 Å². The number of carboxylic acid groups (broad SMARTS) is 1. The lowest BCUT2D eigenvalue weighted by Gasteiger charge is -2.47. The molecule has 176 valence electrons. The lowest BCUT2D eigenvalue weighted by molar-refractivity contribution is -0.163. The summed E-state index contributed by atoms with van der Waals surface area (Å²) in [5, 5.41) is 12.9. The van der Waals surface area contributed by atoms with Gasteiger partial charge in [0.25, 0.3) is 0 Å². The summed E-state index contributed by atoms with van der Waals surface area (Å²) in [5.74, 6) is -1.53. The quantitative estimate of drug-likeness (QED) is 0.559. The van der Waals surface area contributed by atoms with Gasteiger partial charge in [-0.15, -0.1) is 0 Å². The summed E-state index contributed by atoms with van der Waals surface area (Å²) >= 11 is 0. The van der Waals surface area contributed by atoms with Crippen molar-refractivity contribution in [1.82, 2.24) is 10.2 Å². The van der Waals surface area contributed by atoms with Gasteiger partial charge in [0.2, 0.25) is 5.91 Å². The van der Waals surface area contributed by atoms with Gasteiger partial charge in [-0.2, -0.15) is 0 Å². The maximum atomic E-state index is 13.5. The summed E-state index contributed by atoms with van der Waals surface area (Å²) in [5.41, 5.74) is 1.09. The predicted molar refractivity (Wildman–Crippen MR) is 118 cm³/mol. The third kappa shape index (κ3) is 5.86. The number of hydrogen-bond donors (Lipinski definition) is 2. The fraction of sp³-hybridized carbons (Fsp3) is 0.625. The predicted octanol–water partition coefficient (Wildman–Crippen LogP) is 2.01. The number of piperidine rings is 1. The van der Waals surface area contributed by atoms with Gasteiger partial charge in [-0.05, 0) is 51.5 Å². The molecule has 2 saturated heterocycles. The Kier molecular flexibility index (Phi) is 8.64. The van der Waals surface area contributed by atoms with Gasteiger partial charge in [-0.25, -0.2) is 4.79 Å². The highest BCUT2D eigenvalue weighted by Crippen LogP contribution is 2.33. The average Bonchev–Trinajstić information content (AvgIpc) is 2.81. The molecule has 8 nitrogen and oxygen atoms in total. The molecular formula is C24H34N2O6. The number of rotatable bonds is 9. The number of fused-ring (bicyclic) bond motifs is 1. The van der Waals surface area contributed by atoms with Crippen LogP contribution >= 0.6 is 0 Å². The fourth-order valence-electron chi connectivity index (χ4n) is 4.79. The van der Waals surface area contributed by atoms with Crippen LogP contribution in [-0.2, 0) is 30.3 Å². The van der Waals surface area contributed by atoms with E-state index in [1.54, 1.807) is 13.8 Å². The number of hydrogen-bond acceptors (Lipinski definition) is 6. The van der Waals surface area contributed by atoms with Crippen LogP contribution in [0.5, 0.6) is 0 Å². The highest BCUT2D eigenvalue weighted by atomic mass is 16.5. The van der Waals surface area contributed by atoms with Crippen LogP contribution in [0.2, 0.25) is 0 Å². The van der Waals surface area contributed by atoms with Crippen LogP contribution in [0.25, 0.3) is 0 Å². The number of ether oxygens (including phenoxy) is 2. The molecule has 5 atom stereocenters. The van der Waals surface area contributed by atoms with Crippen LogP contribution < -0.4 is 5.32 Å². The van der Waals surface area contributed by atoms with Gasteiger partial charge in [-0.3, -0.25) is 14.9 Å². The van der Waals surface area contributed by atoms with E-state index in [4.69, 9.17) is 9.47 Å². The molecule has 2 aliphatic rings. The zero-order valence-electron chi connectivity index (χ0n) is 18.9. The molecule has 0 saturated carbocycles. The zero-order valence-corrected chi connectivity index (χ0v) is 18.9. The highest BCUT2D eigenvalue weighted by molar-refractivity contribution is 5.88. The first kappa shape index (κ1) is 24.2. The Balaban J connectivity index is 1.72. The third-order valence-corrected chi connectivity index (χ3v) is 6.43. The van der Waals surface area contributed by atoms with Crippen molar-refractivity contribution in [1.29, 1.82) is 0 Å². The second-order valence-electron chi connectivity index (χ2n) is 8.59. The normalized spacial score (nSPS) is 24.8. The van der Waals surface area contributed by atoms with E-state index in [9.17, 15) is 19.5 Å². The lowest BCUT2D eigenvalue weighted by atomic mass is 9.82. The number of nitrogens with one attached hydrogen (secondary N) is 1. The molecule has 0 aromatic heterocycles. The van der Waals surface area contributed by atoms with Crippen LogP contribution in [-0.4, -0.2) is 71.8 Å². The molecule has 0 bridgehead atoms. The largest absolute Gasteiger partial charge is 0.480 e. The molecule has 0 aliphatic carbocycles. The summed E-state index contributed by atoms with van der Waals surface area (Å²) in [6.07, 6.45) is 2.90. The first-order valence-corrected chi connectivity index (χ1v) is 11.5. The number of amides is 1. The second kappa shape index (κ2) is 11.4. The van der Waals surface area contributed by atoms with Crippen molar-refractivity contribution in [3.8, 4) is 0 Å². The van der Waals surface area contributed by atoms with E-state index in [0.717, 1.165) is 12.0 Å². The number of aliphatic carboxylic acids is 1. The number of carbonyl (C=O) groups excluding carboxylic acids is 2. The van der Waals surface area contributed by atoms with E-state index < -0.39 is 30.1 Å². The SMILES string of the molecule is CCOC(=O)C(CCc1ccccc1)N[C@@H](C)C(=O)N1C2CCOCC2CC[C@H]1C(=O)O. The topological polar surface area (TPSA) is 105 Å². The van der Waals surface area contributed by atoms with E-state index in [0.29, 0.717) is 38.9 Å². The maximum absolute atomic E-state index is 13.5. The van der Waals surface area contributed by atoms with Crippen molar-refractivity contribution >= 4 is 17.8 Å². The number of carboxylic acids is 1. The molecule has 2 fully saturated rings. The van der Waals surface area contributed by atoms with Gasteiger partial charge in [-0.1, -0.05) is 30.3 Å². The second-order valence-corrected chi connectivity index (χ2v) is 8.59. The van der Waals surface area contributed by atoms with Crippen molar-refractivity contribution in [2.75, 3.05) is 19.8 Å². The molecule has 1 amide bonds. The molecule has 3 unspecified atom stereocenters. The van der Waals surface area contributed by atoms with E-state index in [1.807, 2.05) is 30.3 Å². The van der Waals surface area contributed by atoms with Crippen LogP contribution in [0.15, 0.2) is 30.3 Å². The Hall–Kier alpha value is -2.45. The Morgan fingerprint density at radius 2 is 1.97 bits per heavy atom. The lowest BCUT2D eigenvalue weighted by Crippen LogP contribution is -2.63. The minimum Gasteiger partial charge on any atom is -0.480 e. The summed E-state index contributed by atoms with van der Waals surface area (Å²) < 4.78 is 10.8. The minimum atomic E-state index is -0.985. The van der Waals surface area contributed by atoms with Gasteiger partial charge >= 0.3 is 11.9 Å². The molecule has 1 aromatic carbocycles. The van der Waals surface area contributed by atoms with Gasteiger partial charge in [0.15, 0.2) is 0 Å². The number of likely N-dealkylation sites (tertiary alicyclic amines) is 1. The van der Waals surface area contributed by atoms with Gasteiger partial charge in [0.1, 0.15) is 12.1 Å². The number of carbonyl (C=O) groups is 3. The van der Waals surface area contributed by atoms with Gasteiger partial charge < -0.3 is 19.5 Å². The van der Waals surface area contributed by atoms with E-state index in [2.05, 4.69) is 5.32 Å². The van der Waals surface area contributed by atoms with E-state index in [-0.39, 0.29) is 24.5 Å². The van der Waals surface area contributed by atoms with Crippen LogP contribution in [0.1, 0.15) is 45.1 Å². The number of aryl methyl sites for hydroxylation is 1. The highest BCUT2D eigenvalue weighted by Gasteiger charge is 2.45. The summed E-state index contributed by atoms with van der Waals surface area (Å²) in [7, 11) is 0. The Labute approximate surface area is 189 Å². The molecule has 0 radical (unpaired) electrons. The Bertz CT molecular complexity index is 786. The van der Waals surface area contributed by atoms with Crippen molar-refractivity contribution < 1.29 is 29.0 Å². The first-order valence-electron chi connectivity index (χ1n) is 11.5. The smallest absolute Gasteiger partial charge is 0.326 e. The Morgan fingerprint density at radius 3 is 2.66 bits per heavy atom. The molecule has 3 rings (SSSR count). The summed E-state index contributed by atoms with van der Waals surface area (Å²) in [6.45, 7) is 4.75. The molecule has 2 N–H and O–H groups in total. The van der Waals surface area contributed by atoms with Crippen molar-refractivity contribution in [3.05, 3.63) is 35.9 Å². The molecular weight excluding hydrogens is 412 g/mol. The molecule has 0 spiro atoms. The zero-order chi connectivity index (χ0) is 23.1. The van der Waals surface area contributed by atoms with Crippen molar-refractivity contribution in [2.24, 2.45) is 5.92 Å². The third-order valence-electron chi connectivity index (χ3n) is 6.43. The fourth-order valence-corrected chi connectivity index (χ4v) is 4.79.